The quantitative estimate of drug-likeness (QED) is 0.232. The van der Waals surface area contributed by atoms with Crippen molar-refractivity contribution in [2.24, 2.45) is 33.7 Å². The highest BCUT2D eigenvalue weighted by Crippen LogP contribution is 2.67. The van der Waals surface area contributed by atoms with Gasteiger partial charge in [-0.15, -0.1) is 6.42 Å². The Morgan fingerprint density at radius 2 is 1.88 bits per heavy atom. The molecule has 0 radical (unpaired) electrons. The molecule has 9 heteroatoms. The molecule has 3 saturated carbocycles. The summed E-state index contributed by atoms with van der Waals surface area (Å²) in [6, 6.07) is -1.88. The van der Waals surface area contributed by atoms with Crippen LogP contribution in [0.25, 0.3) is 0 Å². The van der Waals surface area contributed by atoms with Crippen molar-refractivity contribution in [1.29, 1.82) is 0 Å². The zero-order valence-corrected chi connectivity index (χ0v) is 25.0. The van der Waals surface area contributed by atoms with E-state index in [-0.39, 0.29) is 17.4 Å². The van der Waals surface area contributed by atoms with Crippen LogP contribution in [0, 0.1) is 40.9 Å². The summed E-state index contributed by atoms with van der Waals surface area (Å²) in [6.45, 7) is 7.72. The van der Waals surface area contributed by atoms with Crippen LogP contribution in [-0.2, 0) is 19.2 Å². The second kappa shape index (κ2) is 12.2. The van der Waals surface area contributed by atoms with Crippen molar-refractivity contribution in [3.63, 3.8) is 0 Å². The van der Waals surface area contributed by atoms with Crippen LogP contribution < -0.4 is 10.6 Å². The highest BCUT2D eigenvalue weighted by atomic mass is 16.6. The minimum Gasteiger partial charge on any atom is -0.480 e. The van der Waals surface area contributed by atoms with Gasteiger partial charge in [0.05, 0.1) is 5.71 Å². The van der Waals surface area contributed by atoms with Crippen LogP contribution in [0.1, 0.15) is 98.3 Å². The number of nitrogens with one attached hydrogen (secondary N) is 2. The molecule has 4 N–H and O–H groups in total. The number of unbranched alkanes of at least 4 members (excludes halogenated alkanes) is 1. The molecule has 0 spiro atoms. The number of nitrogens with zero attached hydrogens (tertiary/aromatic N) is 1. The lowest BCUT2D eigenvalue weighted by atomic mass is 9.46. The fourth-order valence-electron chi connectivity index (χ4n) is 8.38. The van der Waals surface area contributed by atoms with Crippen molar-refractivity contribution < 1.29 is 29.4 Å². The van der Waals surface area contributed by atoms with E-state index in [1.165, 1.54) is 12.5 Å². The Bertz CT molecular complexity index is 1140. The summed E-state index contributed by atoms with van der Waals surface area (Å²) >= 11 is 0. The third kappa shape index (κ3) is 5.90. The number of hydrogen-bond donors (Lipinski definition) is 4. The lowest BCUT2D eigenvalue weighted by Crippen LogP contribution is -2.54. The first-order valence-electron chi connectivity index (χ1n) is 15.3. The molecule has 2 amide bonds. The van der Waals surface area contributed by atoms with Gasteiger partial charge in [0.25, 0.3) is 5.91 Å². The number of amides is 2. The number of carboxylic acids is 1. The van der Waals surface area contributed by atoms with Gasteiger partial charge in [0.15, 0.2) is 6.61 Å². The summed E-state index contributed by atoms with van der Waals surface area (Å²) in [5.41, 5.74) is 1.10. The van der Waals surface area contributed by atoms with Crippen LogP contribution in [0.2, 0.25) is 0 Å². The second-order valence-corrected chi connectivity index (χ2v) is 13.2. The smallest absolute Gasteiger partial charge is 0.326 e. The predicted molar refractivity (Wildman–Crippen MR) is 156 cm³/mol. The number of carbonyl (C=O) groups excluding carboxylic acids is 2. The molecule has 4 aliphatic rings. The van der Waals surface area contributed by atoms with Crippen LogP contribution in [0.15, 0.2) is 16.8 Å². The van der Waals surface area contributed by atoms with E-state index < -0.39 is 35.5 Å². The van der Waals surface area contributed by atoms with Crippen molar-refractivity contribution in [1.82, 2.24) is 10.6 Å². The van der Waals surface area contributed by atoms with Gasteiger partial charge in [-0.25, -0.2) is 4.79 Å². The molecule has 41 heavy (non-hydrogen) atoms. The number of rotatable bonds is 10. The summed E-state index contributed by atoms with van der Waals surface area (Å²) in [5, 5.41) is 29.8. The summed E-state index contributed by atoms with van der Waals surface area (Å²) < 4.78 is 0. The van der Waals surface area contributed by atoms with Crippen LogP contribution in [0.3, 0.4) is 0 Å². The van der Waals surface area contributed by atoms with E-state index in [2.05, 4.69) is 41.6 Å². The first-order chi connectivity index (χ1) is 19.4. The summed E-state index contributed by atoms with van der Waals surface area (Å²) in [5.74, 6) is 2.19. The van der Waals surface area contributed by atoms with E-state index in [0.717, 1.165) is 57.1 Å². The van der Waals surface area contributed by atoms with Gasteiger partial charge in [-0.2, -0.15) is 0 Å². The molecule has 4 aliphatic carbocycles. The first-order valence-corrected chi connectivity index (χ1v) is 15.3. The first kappa shape index (κ1) is 31.1. The molecule has 5 unspecified atom stereocenters. The van der Waals surface area contributed by atoms with Gasteiger partial charge >= 0.3 is 5.97 Å². The molecule has 4 rings (SSSR count). The van der Waals surface area contributed by atoms with E-state index >= 15 is 0 Å². The van der Waals surface area contributed by atoms with E-state index in [1.807, 2.05) is 6.92 Å². The minimum atomic E-state index is -1.09. The van der Waals surface area contributed by atoms with Crippen molar-refractivity contribution in [3.8, 4) is 12.3 Å². The van der Waals surface area contributed by atoms with Gasteiger partial charge in [-0.1, -0.05) is 50.3 Å². The standard InChI is InChI=1S/C32H47N3O6/c1-6-8-9-26(29(38)39)34-28(37)20(3)33-27(36)19-41-35-22-12-15-30(4)21(18-22)10-11-23-24(30)13-16-31(5)25(23)14-17-32(31,40)7-2/h2,18,20,23-26,40H,6,8-17,19H2,1,3-5H3,(H,33,36)(H,34,37)(H,38,39)/b35-22-/t20?,23?,24?,25?,26?,30-,31-,32+/m0/s1. The molecule has 0 saturated heterocycles. The molecular weight excluding hydrogens is 522 g/mol. The van der Waals surface area contributed by atoms with Crippen LogP contribution >= 0.6 is 0 Å². The monoisotopic (exact) mass is 569 g/mol. The number of terminal acetylenes is 1. The van der Waals surface area contributed by atoms with Gasteiger partial charge < -0.3 is 25.7 Å². The lowest BCUT2D eigenvalue weighted by molar-refractivity contribution is -0.142. The van der Waals surface area contributed by atoms with Gasteiger partial charge in [0.1, 0.15) is 17.7 Å². The Morgan fingerprint density at radius 1 is 1.15 bits per heavy atom. The molecule has 0 aromatic heterocycles. The molecule has 0 aromatic carbocycles. The second-order valence-electron chi connectivity index (χ2n) is 13.2. The zero-order valence-electron chi connectivity index (χ0n) is 25.0. The van der Waals surface area contributed by atoms with E-state index in [0.29, 0.717) is 37.0 Å². The highest BCUT2D eigenvalue weighted by Gasteiger charge is 2.63. The van der Waals surface area contributed by atoms with Crippen molar-refractivity contribution >= 4 is 23.5 Å². The van der Waals surface area contributed by atoms with Gasteiger partial charge in [0.2, 0.25) is 5.91 Å². The fraction of sp³-hybridized carbons (Fsp3) is 0.750. The maximum Gasteiger partial charge on any atom is 0.326 e. The molecule has 9 nitrogen and oxygen atoms in total. The third-order valence-electron chi connectivity index (χ3n) is 11.0. The molecule has 0 aromatic rings. The number of fused-ring (bicyclic) bond motifs is 5. The maximum atomic E-state index is 12.4. The Hall–Kier alpha value is -2.86. The number of allylic oxidation sites excluding steroid dienone is 2. The topological polar surface area (TPSA) is 137 Å². The fourth-order valence-corrected chi connectivity index (χ4v) is 8.38. The SMILES string of the molecule is C#C[C@@]1(O)CCC2C3CCC4=C/C(=N\OCC(=O)NC(C)C(=O)NC(CCCC)C(=O)O)CC[C@]4(C)C3CC[C@@]21C. The van der Waals surface area contributed by atoms with Crippen LogP contribution in [-0.4, -0.2) is 58.0 Å². The Labute approximate surface area is 243 Å². The van der Waals surface area contributed by atoms with Gasteiger partial charge in [-0.05, 0) is 94.0 Å². The molecular formula is C32H47N3O6. The molecule has 226 valence electrons. The Kier molecular flexibility index (Phi) is 9.22. The van der Waals surface area contributed by atoms with Crippen molar-refractivity contribution in [2.45, 2.75) is 116 Å². The van der Waals surface area contributed by atoms with Gasteiger partial charge in [-0.3, -0.25) is 9.59 Å². The number of oxime groups is 1. The van der Waals surface area contributed by atoms with Gasteiger partial charge in [0, 0.05) is 5.41 Å². The summed E-state index contributed by atoms with van der Waals surface area (Å²) in [6.07, 6.45) is 17.3. The Balaban J connectivity index is 1.31. The van der Waals surface area contributed by atoms with E-state index in [9.17, 15) is 24.6 Å². The number of hydrogen-bond acceptors (Lipinski definition) is 6. The largest absolute Gasteiger partial charge is 0.480 e. The molecule has 3 fully saturated rings. The van der Waals surface area contributed by atoms with E-state index in [1.54, 1.807) is 0 Å². The number of aliphatic carboxylic acids is 1. The molecule has 0 bridgehead atoms. The summed E-state index contributed by atoms with van der Waals surface area (Å²) in [4.78, 5) is 41.5. The zero-order chi connectivity index (χ0) is 30.0. The summed E-state index contributed by atoms with van der Waals surface area (Å²) in [7, 11) is 0. The molecule has 8 atom stereocenters. The average Bonchev–Trinajstić information content (AvgIpc) is 3.21. The maximum absolute atomic E-state index is 12.4. The minimum absolute atomic E-state index is 0.0885. The highest BCUT2D eigenvalue weighted by molar-refractivity contribution is 5.96. The van der Waals surface area contributed by atoms with Crippen LogP contribution in [0.5, 0.6) is 0 Å². The lowest BCUT2D eigenvalue weighted by Gasteiger charge is -2.58. The predicted octanol–water partition coefficient (Wildman–Crippen LogP) is 3.95. The van der Waals surface area contributed by atoms with Crippen molar-refractivity contribution in [3.05, 3.63) is 11.6 Å². The molecule has 0 heterocycles. The normalized spacial score (nSPS) is 36.4. The molecule has 0 aliphatic heterocycles. The Morgan fingerprint density at radius 3 is 2.56 bits per heavy atom. The van der Waals surface area contributed by atoms with E-state index in [4.69, 9.17) is 11.3 Å². The number of carbonyl (C=O) groups is 3. The average molecular weight is 570 g/mol. The number of carboxylic acid groups (broad SMARTS) is 1. The van der Waals surface area contributed by atoms with Crippen LogP contribution in [0.4, 0.5) is 0 Å². The van der Waals surface area contributed by atoms with Crippen molar-refractivity contribution in [2.75, 3.05) is 6.61 Å². The third-order valence-corrected chi connectivity index (χ3v) is 11.0. The number of aliphatic hydroxyl groups is 1.